The van der Waals surface area contributed by atoms with Crippen molar-refractivity contribution in [2.45, 2.75) is 20.3 Å². The molecule has 0 bridgehead atoms. The zero-order chi connectivity index (χ0) is 4.71. The zero-order valence-electron chi connectivity index (χ0n) is 4.36. The average molecular weight is 110 g/mol. The summed E-state index contributed by atoms with van der Waals surface area (Å²) in [5.41, 5.74) is 0. The van der Waals surface area contributed by atoms with Crippen LogP contribution in [-0.2, 0) is 0 Å². The van der Waals surface area contributed by atoms with Crippen LogP contribution in [0.5, 0.6) is 0 Å². The topological polar surface area (TPSA) is 52.0 Å². The van der Waals surface area contributed by atoms with Crippen molar-refractivity contribution in [3.05, 3.63) is 0 Å². The summed E-state index contributed by atoms with van der Waals surface area (Å²) in [5.74, 6) is 8.00. The second-order valence-electron chi connectivity index (χ2n) is 0.707. The quantitative estimate of drug-likeness (QED) is 0.349. The lowest BCUT2D eigenvalue weighted by Crippen LogP contribution is -2.02. The Kier molecular flexibility index (Phi) is 162. The molecule has 4 N–H and O–H groups in total. The molecule has 0 heterocycles. The molecular weight excluding hydrogens is 96.1 g/mol. The highest BCUT2D eigenvalue weighted by Gasteiger charge is 1.35. The van der Waals surface area contributed by atoms with E-state index in [4.69, 9.17) is 0 Å². The molecule has 0 fully saturated rings. The van der Waals surface area contributed by atoms with Crippen LogP contribution in [0.15, 0.2) is 0 Å². The molecule has 0 aromatic carbocycles. The van der Waals surface area contributed by atoms with Crippen LogP contribution in [-0.4, -0.2) is 0 Å². The van der Waals surface area contributed by atoms with Gasteiger partial charge in [0.2, 0.25) is 0 Å². The van der Waals surface area contributed by atoms with Crippen LogP contribution >= 0.6 is 13.5 Å². The number of hydrogen-bond acceptors (Lipinski definition) is 2. The summed E-state index contributed by atoms with van der Waals surface area (Å²) in [6, 6.07) is 0. The number of nitrogens with two attached hydrogens (primary N) is 2. The lowest BCUT2D eigenvalue weighted by atomic mass is 10.6. The van der Waals surface area contributed by atoms with Gasteiger partial charge >= 0.3 is 0 Å². The summed E-state index contributed by atoms with van der Waals surface area (Å²) in [7, 11) is 0. The van der Waals surface area contributed by atoms with Crippen LogP contribution < -0.4 is 11.7 Å². The van der Waals surface area contributed by atoms with Gasteiger partial charge in [0, 0.05) is 0 Å². The van der Waals surface area contributed by atoms with Crippen LogP contribution in [0.1, 0.15) is 20.3 Å². The predicted molar refractivity (Wildman–Crippen MR) is 34.7 cm³/mol. The summed E-state index contributed by atoms with van der Waals surface area (Å²) in [6.45, 7) is 4.25. The molecule has 3 heteroatoms. The van der Waals surface area contributed by atoms with E-state index < -0.39 is 0 Å². The first-order valence-electron chi connectivity index (χ1n) is 1.75. The molecule has 0 rings (SSSR count). The molecule has 0 amide bonds. The third-order valence-corrected chi connectivity index (χ3v) is 0. The molecule has 0 aromatic rings. The first kappa shape index (κ1) is 16.3. The molecule has 0 aliphatic heterocycles. The minimum absolute atomic E-state index is 0. The van der Waals surface area contributed by atoms with Gasteiger partial charge in [-0.3, -0.25) is 11.7 Å². The Morgan fingerprint density at radius 3 is 1.17 bits per heavy atom. The fourth-order valence-electron chi connectivity index (χ4n) is 0. The SMILES string of the molecule is CCC.NN.S. The van der Waals surface area contributed by atoms with Crippen molar-refractivity contribution in [3.8, 4) is 0 Å². The van der Waals surface area contributed by atoms with E-state index in [0.717, 1.165) is 0 Å². The Labute approximate surface area is 46.3 Å². The van der Waals surface area contributed by atoms with Gasteiger partial charge in [0.15, 0.2) is 0 Å². The Hall–Kier alpha value is 0.270. The van der Waals surface area contributed by atoms with Crippen LogP contribution in [0.25, 0.3) is 0 Å². The van der Waals surface area contributed by atoms with E-state index in [1.165, 1.54) is 6.42 Å². The van der Waals surface area contributed by atoms with Gasteiger partial charge in [-0.25, -0.2) is 0 Å². The summed E-state index contributed by atoms with van der Waals surface area (Å²) < 4.78 is 0. The van der Waals surface area contributed by atoms with Gasteiger partial charge in [0.05, 0.1) is 0 Å². The second kappa shape index (κ2) is 59.6. The fraction of sp³-hybridized carbons (Fsp3) is 1.00. The van der Waals surface area contributed by atoms with Gasteiger partial charge in [0.25, 0.3) is 0 Å². The molecule has 0 aliphatic rings. The van der Waals surface area contributed by atoms with E-state index in [9.17, 15) is 0 Å². The maximum Gasteiger partial charge on any atom is -0.0590 e. The molecule has 0 radical (unpaired) electrons. The summed E-state index contributed by atoms with van der Waals surface area (Å²) in [5, 5.41) is 0. The maximum absolute atomic E-state index is 4.00. The molecule has 0 atom stereocenters. The minimum atomic E-state index is 0. The maximum atomic E-state index is 4.00. The highest BCUT2D eigenvalue weighted by atomic mass is 32.1. The smallest absolute Gasteiger partial charge is 0.0590 e. The molecule has 0 aliphatic carbocycles. The van der Waals surface area contributed by atoms with Crippen molar-refractivity contribution in [1.29, 1.82) is 0 Å². The van der Waals surface area contributed by atoms with Crippen molar-refractivity contribution in [2.24, 2.45) is 11.7 Å². The zero-order valence-corrected chi connectivity index (χ0v) is 5.36. The molecule has 6 heavy (non-hydrogen) atoms. The molecule has 0 saturated carbocycles. The monoisotopic (exact) mass is 110 g/mol. The Morgan fingerprint density at radius 2 is 1.17 bits per heavy atom. The van der Waals surface area contributed by atoms with E-state index in [-0.39, 0.29) is 13.5 Å². The summed E-state index contributed by atoms with van der Waals surface area (Å²) in [6.07, 6.45) is 1.25. The third-order valence-electron chi connectivity index (χ3n) is 0. The molecule has 42 valence electrons. The average Bonchev–Trinajstić information content (AvgIpc) is 1.46. The van der Waals surface area contributed by atoms with E-state index >= 15 is 0 Å². The predicted octanol–water partition coefficient (Wildman–Crippen LogP) is 0.348. The molecule has 2 nitrogen and oxygen atoms in total. The lowest BCUT2D eigenvalue weighted by Gasteiger charge is -1.48. The van der Waals surface area contributed by atoms with Gasteiger partial charge in [-0.1, -0.05) is 20.3 Å². The molecule has 0 saturated heterocycles. The van der Waals surface area contributed by atoms with Crippen LogP contribution in [0, 0.1) is 0 Å². The highest BCUT2D eigenvalue weighted by Crippen LogP contribution is 1.56. The fourth-order valence-corrected chi connectivity index (χ4v) is 0. The van der Waals surface area contributed by atoms with E-state index in [1.54, 1.807) is 0 Å². The van der Waals surface area contributed by atoms with Gasteiger partial charge in [-0.05, 0) is 0 Å². The lowest BCUT2D eigenvalue weighted by molar-refractivity contribution is 1.09. The molecule has 0 unspecified atom stereocenters. The summed E-state index contributed by atoms with van der Waals surface area (Å²) in [4.78, 5) is 0. The first-order valence-corrected chi connectivity index (χ1v) is 1.75. The van der Waals surface area contributed by atoms with Crippen molar-refractivity contribution >= 4 is 13.5 Å². The van der Waals surface area contributed by atoms with Crippen molar-refractivity contribution in [2.75, 3.05) is 0 Å². The van der Waals surface area contributed by atoms with Crippen LogP contribution in [0.3, 0.4) is 0 Å². The van der Waals surface area contributed by atoms with E-state index in [0.29, 0.717) is 0 Å². The van der Waals surface area contributed by atoms with Crippen molar-refractivity contribution in [3.63, 3.8) is 0 Å². The first-order chi connectivity index (χ1) is 2.41. The minimum Gasteiger partial charge on any atom is -0.274 e. The van der Waals surface area contributed by atoms with E-state index in [1.807, 2.05) is 0 Å². The Balaban J connectivity index is -0.0000000275. The Morgan fingerprint density at radius 1 is 1.17 bits per heavy atom. The van der Waals surface area contributed by atoms with E-state index in [2.05, 4.69) is 25.5 Å². The van der Waals surface area contributed by atoms with Gasteiger partial charge in [-0.2, -0.15) is 13.5 Å². The largest absolute Gasteiger partial charge is 0.274 e. The number of rotatable bonds is 0. The van der Waals surface area contributed by atoms with Crippen LogP contribution in [0.2, 0.25) is 0 Å². The van der Waals surface area contributed by atoms with Gasteiger partial charge < -0.3 is 0 Å². The van der Waals surface area contributed by atoms with Crippen molar-refractivity contribution < 1.29 is 0 Å². The van der Waals surface area contributed by atoms with Crippen LogP contribution in [0.4, 0.5) is 0 Å². The molecule has 0 spiro atoms. The van der Waals surface area contributed by atoms with Gasteiger partial charge in [-0.15, -0.1) is 0 Å². The third kappa shape index (κ3) is 626. The number of hydrogen-bond donors (Lipinski definition) is 2. The molecular formula is C3H14N2S. The highest BCUT2D eigenvalue weighted by molar-refractivity contribution is 7.59. The number of hydrazine groups is 1. The second-order valence-corrected chi connectivity index (χ2v) is 0.707. The molecule has 0 aromatic heterocycles. The summed E-state index contributed by atoms with van der Waals surface area (Å²) >= 11 is 0. The van der Waals surface area contributed by atoms with Crippen molar-refractivity contribution in [1.82, 2.24) is 0 Å². The van der Waals surface area contributed by atoms with Gasteiger partial charge in [0.1, 0.15) is 0 Å². The Bertz CT molecular complexity index is 8.75. The normalized spacial score (nSPS) is 4.00. The standard InChI is InChI=1S/C3H8.H4N2.H2S/c1-3-2;1-2;/h3H2,1-2H3;1-2H2;1H2.